The summed E-state index contributed by atoms with van der Waals surface area (Å²) in [5, 5.41) is 9.84. The van der Waals surface area contributed by atoms with Crippen molar-refractivity contribution in [2.45, 2.75) is 51.9 Å². The summed E-state index contributed by atoms with van der Waals surface area (Å²) in [6, 6.07) is 6.23. The number of aromatic amines is 1. The van der Waals surface area contributed by atoms with Crippen molar-refractivity contribution in [3.8, 4) is 5.75 Å². The van der Waals surface area contributed by atoms with Crippen LogP contribution in [0.15, 0.2) is 24.4 Å². The number of piperidine rings is 1. The highest BCUT2D eigenvalue weighted by Gasteiger charge is 2.31. The summed E-state index contributed by atoms with van der Waals surface area (Å²) in [5.41, 5.74) is 5.10. The summed E-state index contributed by atoms with van der Waals surface area (Å²) < 4.78 is 5.50. The van der Waals surface area contributed by atoms with Crippen LogP contribution in [0.1, 0.15) is 65.1 Å². The highest BCUT2D eigenvalue weighted by Crippen LogP contribution is 2.33. The molecule has 3 heterocycles. The lowest BCUT2D eigenvalue weighted by Gasteiger charge is -2.32. The first-order chi connectivity index (χ1) is 15.0. The van der Waals surface area contributed by atoms with Crippen LogP contribution in [0.3, 0.4) is 0 Å². The molecule has 2 aromatic heterocycles. The zero-order valence-electron chi connectivity index (χ0n) is 18.6. The van der Waals surface area contributed by atoms with E-state index in [1.165, 1.54) is 5.39 Å². The molecule has 1 aliphatic carbocycles. The van der Waals surface area contributed by atoms with Gasteiger partial charge in [-0.1, -0.05) is 6.92 Å². The standard InChI is InChI=1S/C25H30N4O2/c1-15-6-8-21-20(11-15)24(28-27-21)25(30)29-10-4-5-18(14-29)22-12-19-16(2)23(31-3)9-7-17(19)13-26-22/h7,9,12-13,15,18H,4-6,8,10-11,14H2,1-3H3,(H,27,28)/t15-,18+/m0/s1. The Balaban J connectivity index is 1.40. The van der Waals surface area contributed by atoms with E-state index in [1.807, 2.05) is 17.2 Å². The van der Waals surface area contributed by atoms with Gasteiger partial charge in [0.1, 0.15) is 5.75 Å². The molecule has 6 heteroatoms. The van der Waals surface area contributed by atoms with Crippen molar-refractivity contribution in [3.05, 3.63) is 52.6 Å². The minimum Gasteiger partial charge on any atom is -0.496 e. The van der Waals surface area contributed by atoms with Crippen molar-refractivity contribution < 1.29 is 9.53 Å². The van der Waals surface area contributed by atoms with Gasteiger partial charge in [0.2, 0.25) is 0 Å². The van der Waals surface area contributed by atoms with Crippen LogP contribution in [0.2, 0.25) is 0 Å². The van der Waals surface area contributed by atoms with Gasteiger partial charge in [0.15, 0.2) is 5.69 Å². The largest absolute Gasteiger partial charge is 0.496 e. The van der Waals surface area contributed by atoms with Gasteiger partial charge < -0.3 is 9.64 Å². The van der Waals surface area contributed by atoms with E-state index >= 15 is 0 Å². The lowest BCUT2D eigenvalue weighted by atomic mass is 9.87. The molecule has 1 fully saturated rings. The Morgan fingerprint density at radius 3 is 3.00 bits per heavy atom. The number of rotatable bonds is 3. The molecule has 3 aromatic rings. The van der Waals surface area contributed by atoms with E-state index in [2.05, 4.69) is 36.2 Å². The highest BCUT2D eigenvalue weighted by atomic mass is 16.5. The van der Waals surface area contributed by atoms with Crippen LogP contribution in [0.5, 0.6) is 5.75 Å². The van der Waals surface area contributed by atoms with E-state index in [-0.39, 0.29) is 11.8 Å². The second-order valence-corrected chi connectivity index (χ2v) is 9.19. The number of carbonyl (C=O) groups excluding carboxylic acids is 1. The van der Waals surface area contributed by atoms with E-state index in [0.29, 0.717) is 18.2 Å². The molecule has 0 saturated carbocycles. The van der Waals surface area contributed by atoms with Gasteiger partial charge in [-0.15, -0.1) is 0 Å². The van der Waals surface area contributed by atoms with Crippen molar-refractivity contribution in [3.63, 3.8) is 0 Å². The third-order valence-corrected chi connectivity index (χ3v) is 7.09. The Hall–Kier alpha value is -2.89. The normalized spacial score (nSPS) is 21.2. The number of pyridine rings is 1. The van der Waals surface area contributed by atoms with E-state index < -0.39 is 0 Å². The molecular formula is C25H30N4O2. The molecule has 1 aliphatic heterocycles. The van der Waals surface area contributed by atoms with Crippen LogP contribution in [0.4, 0.5) is 0 Å². The summed E-state index contributed by atoms with van der Waals surface area (Å²) in [4.78, 5) is 20.1. The van der Waals surface area contributed by atoms with Crippen LogP contribution in [0.25, 0.3) is 10.8 Å². The molecule has 1 aromatic carbocycles. The quantitative estimate of drug-likeness (QED) is 0.684. The monoisotopic (exact) mass is 418 g/mol. The van der Waals surface area contributed by atoms with Gasteiger partial charge in [-0.25, -0.2) is 0 Å². The Bertz CT molecular complexity index is 1140. The zero-order valence-corrected chi connectivity index (χ0v) is 18.6. The maximum atomic E-state index is 13.4. The SMILES string of the molecule is COc1ccc2cnc([C@@H]3CCCN(C(=O)c4n[nH]c5c4C[C@@H](C)CC5)C3)cc2c1C. The number of hydrogen-bond acceptors (Lipinski definition) is 4. The van der Waals surface area contributed by atoms with Crippen molar-refractivity contribution in [1.29, 1.82) is 0 Å². The summed E-state index contributed by atoms with van der Waals surface area (Å²) in [6.45, 7) is 5.82. The van der Waals surface area contributed by atoms with E-state index in [4.69, 9.17) is 9.72 Å². The summed E-state index contributed by atoms with van der Waals surface area (Å²) in [6.07, 6.45) is 7.06. The van der Waals surface area contributed by atoms with Crippen LogP contribution in [0, 0.1) is 12.8 Å². The zero-order chi connectivity index (χ0) is 21.5. The first-order valence-corrected chi connectivity index (χ1v) is 11.3. The van der Waals surface area contributed by atoms with Crippen molar-refractivity contribution in [2.24, 2.45) is 5.92 Å². The molecule has 1 amide bonds. The number of hydrogen-bond donors (Lipinski definition) is 1. The fourth-order valence-corrected chi connectivity index (χ4v) is 5.21. The minimum atomic E-state index is 0.0648. The topological polar surface area (TPSA) is 71.1 Å². The predicted molar refractivity (Wildman–Crippen MR) is 121 cm³/mol. The fraction of sp³-hybridized carbons (Fsp3) is 0.480. The van der Waals surface area contributed by atoms with Gasteiger partial charge in [0.05, 0.1) is 7.11 Å². The van der Waals surface area contributed by atoms with Gasteiger partial charge in [0, 0.05) is 47.5 Å². The van der Waals surface area contributed by atoms with E-state index in [1.54, 1.807) is 7.11 Å². The Kier molecular flexibility index (Phi) is 5.16. The number of nitrogens with zero attached hydrogens (tertiary/aromatic N) is 3. The highest BCUT2D eigenvalue weighted by molar-refractivity contribution is 5.94. The van der Waals surface area contributed by atoms with Crippen molar-refractivity contribution in [2.75, 3.05) is 20.2 Å². The number of H-pyrrole nitrogens is 1. The number of likely N-dealkylation sites (tertiary alicyclic amines) is 1. The van der Waals surface area contributed by atoms with E-state index in [9.17, 15) is 4.79 Å². The Labute approximate surface area is 183 Å². The van der Waals surface area contributed by atoms with Crippen LogP contribution < -0.4 is 4.74 Å². The van der Waals surface area contributed by atoms with Gasteiger partial charge in [-0.05, 0) is 74.1 Å². The number of nitrogens with one attached hydrogen (secondary N) is 1. The minimum absolute atomic E-state index is 0.0648. The third-order valence-electron chi connectivity index (χ3n) is 7.09. The van der Waals surface area contributed by atoms with Gasteiger partial charge in [-0.2, -0.15) is 5.10 Å². The lowest BCUT2D eigenvalue weighted by molar-refractivity contribution is 0.0698. The second-order valence-electron chi connectivity index (χ2n) is 9.19. The molecule has 0 bridgehead atoms. The van der Waals surface area contributed by atoms with Gasteiger partial charge in [0.25, 0.3) is 5.91 Å². The number of aromatic nitrogens is 3. The van der Waals surface area contributed by atoms with Crippen LogP contribution in [-0.2, 0) is 12.8 Å². The lowest BCUT2D eigenvalue weighted by Crippen LogP contribution is -2.40. The molecule has 2 aliphatic rings. The van der Waals surface area contributed by atoms with Crippen molar-refractivity contribution in [1.82, 2.24) is 20.1 Å². The second kappa shape index (κ2) is 7.98. The van der Waals surface area contributed by atoms with E-state index in [0.717, 1.165) is 72.3 Å². The summed E-state index contributed by atoms with van der Waals surface area (Å²) in [7, 11) is 1.70. The molecule has 1 saturated heterocycles. The average Bonchev–Trinajstić information content (AvgIpc) is 3.22. The first kappa shape index (κ1) is 20.0. The molecule has 5 rings (SSSR count). The first-order valence-electron chi connectivity index (χ1n) is 11.3. The van der Waals surface area contributed by atoms with Crippen LogP contribution >= 0.6 is 0 Å². The smallest absolute Gasteiger partial charge is 0.274 e. The predicted octanol–water partition coefficient (Wildman–Crippen LogP) is 4.42. The van der Waals surface area contributed by atoms with Crippen molar-refractivity contribution >= 4 is 16.7 Å². The number of aryl methyl sites for hydroxylation is 2. The molecule has 31 heavy (non-hydrogen) atoms. The third kappa shape index (κ3) is 3.58. The summed E-state index contributed by atoms with van der Waals surface area (Å²) >= 11 is 0. The number of amides is 1. The fourth-order valence-electron chi connectivity index (χ4n) is 5.21. The Morgan fingerprint density at radius 1 is 1.29 bits per heavy atom. The molecule has 1 N–H and O–H groups in total. The molecule has 0 radical (unpaired) electrons. The average molecular weight is 419 g/mol. The molecule has 6 nitrogen and oxygen atoms in total. The molecular weight excluding hydrogens is 388 g/mol. The number of ether oxygens (including phenoxy) is 1. The maximum absolute atomic E-state index is 13.4. The molecule has 0 unspecified atom stereocenters. The summed E-state index contributed by atoms with van der Waals surface area (Å²) in [5.74, 6) is 1.80. The van der Waals surface area contributed by atoms with Crippen LogP contribution in [-0.4, -0.2) is 46.2 Å². The molecule has 2 atom stereocenters. The number of benzene rings is 1. The Morgan fingerprint density at radius 2 is 2.16 bits per heavy atom. The van der Waals surface area contributed by atoms with Gasteiger partial charge in [-0.3, -0.25) is 14.9 Å². The number of fused-ring (bicyclic) bond motifs is 2. The maximum Gasteiger partial charge on any atom is 0.274 e. The van der Waals surface area contributed by atoms with Gasteiger partial charge >= 0.3 is 0 Å². The molecule has 162 valence electrons. The number of methoxy groups -OCH3 is 1. The number of carbonyl (C=O) groups is 1. The molecule has 0 spiro atoms.